The first-order chi connectivity index (χ1) is 10.2. The van der Waals surface area contributed by atoms with Crippen LogP contribution in [0.5, 0.6) is 0 Å². The molecule has 1 heterocycles. The smallest absolute Gasteiger partial charge is 0.0594 e. The van der Waals surface area contributed by atoms with E-state index in [1.165, 1.54) is 57.9 Å². The number of ether oxygens (including phenoxy) is 1. The molecule has 0 aromatic rings. The molecule has 0 aliphatic carbocycles. The van der Waals surface area contributed by atoms with Gasteiger partial charge < -0.3 is 10.1 Å². The largest absolute Gasteiger partial charge is 0.379 e. The summed E-state index contributed by atoms with van der Waals surface area (Å²) in [4.78, 5) is 2.55. The summed E-state index contributed by atoms with van der Waals surface area (Å²) in [5, 5.41) is 3.65. The van der Waals surface area contributed by atoms with Crippen LogP contribution in [-0.4, -0.2) is 49.8 Å². The number of morpholine rings is 1. The van der Waals surface area contributed by atoms with Crippen LogP contribution in [0.2, 0.25) is 0 Å². The fourth-order valence-corrected chi connectivity index (χ4v) is 3.06. The fraction of sp³-hybridized carbons (Fsp3) is 1.00. The Morgan fingerprint density at radius 2 is 1.48 bits per heavy atom. The lowest BCUT2D eigenvalue weighted by Crippen LogP contribution is -2.54. The van der Waals surface area contributed by atoms with Gasteiger partial charge in [0.05, 0.1) is 13.2 Å². The van der Waals surface area contributed by atoms with Crippen LogP contribution in [0.4, 0.5) is 0 Å². The molecule has 21 heavy (non-hydrogen) atoms. The van der Waals surface area contributed by atoms with E-state index in [2.05, 4.69) is 31.0 Å². The van der Waals surface area contributed by atoms with Gasteiger partial charge in [0.25, 0.3) is 0 Å². The third-order valence-electron chi connectivity index (χ3n) is 4.63. The molecule has 0 saturated carbocycles. The molecule has 1 rings (SSSR count). The molecule has 1 aliphatic rings. The molecule has 0 amide bonds. The zero-order valence-corrected chi connectivity index (χ0v) is 14.8. The van der Waals surface area contributed by atoms with Gasteiger partial charge in [-0.15, -0.1) is 0 Å². The van der Waals surface area contributed by atoms with Crippen LogP contribution in [0.25, 0.3) is 0 Å². The normalized spacial score (nSPS) is 17.3. The molecule has 0 unspecified atom stereocenters. The Balaban J connectivity index is 1.93. The van der Waals surface area contributed by atoms with Crippen molar-refractivity contribution in [2.24, 2.45) is 0 Å². The second-order valence-corrected chi connectivity index (χ2v) is 7.06. The summed E-state index contributed by atoms with van der Waals surface area (Å²) in [6.07, 6.45) is 11.2. The summed E-state index contributed by atoms with van der Waals surface area (Å²) < 4.78 is 5.44. The van der Waals surface area contributed by atoms with Crippen molar-refractivity contribution < 1.29 is 4.74 Å². The summed E-state index contributed by atoms with van der Waals surface area (Å²) in [6, 6.07) is 0. The summed E-state index contributed by atoms with van der Waals surface area (Å²) >= 11 is 0. The van der Waals surface area contributed by atoms with E-state index in [1.807, 2.05) is 0 Å². The van der Waals surface area contributed by atoms with Crippen LogP contribution >= 0.6 is 0 Å². The van der Waals surface area contributed by atoms with Gasteiger partial charge in [-0.2, -0.15) is 0 Å². The summed E-state index contributed by atoms with van der Waals surface area (Å²) in [5.41, 5.74) is 0.254. The van der Waals surface area contributed by atoms with Crippen LogP contribution in [0.1, 0.15) is 72.1 Å². The molecule has 0 bridgehead atoms. The SMILES string of the molecule is CCCCCCCCCCNCC(C)(C)N1CCOCC1. The van der Waals surface area contributed by atoms with Gasteiger partial charge in [0.2, 0.25) is 0 Å². The summed E-state index contributed by atoms with van der Waals surface area (Å²) in [5.74, 6) is 0. The van der Waals surface area contributed by atoms with E-state index >= 15 is 0 Å². The topological polar surface area (TPSA) is 24.5 Å². The van der Waals surface area contributed by atoms with Gasteiger partial charge in [0.1, 0.15) is 0 Å². The molecule has 3 heteroatoms. The lowest BCUT2D eigenvalue weighted by Gasteiger charge is -2.41. The zero-order valence-electron chi connectivity index (χ0n) is 14.8. The second-order valence-electron chi connectivity index (χ2n) is 7.06. The minimum atomic E-state index is 0.254. The minimum Gasteiger partial charge on any atom is -0.379 e. The Hall–Kier alpha value is -0.120. The minimum absolute atomic E-state index is 0.254. The number of hydrogen-bond donors (Lipinski definition) is 1. The average Bonchev–Trinajstić information content (AvgIpc) is 2.50. The average molecular weight is 299 g/mol. The third-order valence-corrected chi connectivity index (χ3v) is 4.63. The van der Waals surface area contributed by atoms with E-state index in [9.17, 15) is 0 Å². The maximum atomic E-state index is 5.44. The van der Waals surface area contributed by atoms with Crippen LogP contribution in [-0.2, 0) is 4.74 Å². The van der Waals surface area contributed by atoms with Crippen LogP contribution in [0.15, 0.2) is 0 Å². The predicted octanol–water partition coefficient (Wildman–Crippen LogP) is 3.83. The van der Waals surface area contributed by atoms with Gasteiger partial charge in [-0.05, 0) is 26.8 Å². The number of nitrogens with zero attached hydrogens (tertiary/aromatic N) is 1. The molecule has 0 aromatic carbocycles. The molecule has 0 spiro atoms. The lowest BCUT2D eigenvalue weighted by atomic mass is 10.0. The van der Waals surface area contributed by atoms with Gasteiger partial charge in [-0.25, -0.2) is 0 Å². The standard InChI is InChI=1S/C18H38N2O/c1-4-5-6-7-8-9-10-11-12-19-17-18(2,3)20-13-15-21-16-14-20/h19H,4-17H2,1-3H3. The molecule has 1 aliphatic heterocycles. The Labute approximate surface area is 132 Å². The maximum absolute atomic E-state index is 5.44. The zero-order chi connectivity index (χ0) is 15.4. The first kappa shape index (κ1) is 18.9. The molecular formula is C18H38N2O. The highest BCUT2D eigenvalue weighted by atomic mass is 16.5. The second kappa shape index (κ2) is 11.4. The first-order valence-corrected chi connectivity index (χ1v) is 9.20. The van der Waals surface area contributed by atoms with E-state index in [0.29, 0.717) is 0 Å². The van der Waals surface area contributed by atoms with Crippen molar-refractivity contribution in [3.63, 3.8) is 0 Å². The Morgan fingerprint density at radius 1 is 0.905 bits per heavy atom. The van der Waals surface area contributed by atoms with E-state index < -0.39 is 0 Å². The Kier molecular flexibility index (Phi) is 10.3. The Bertz CT molecular complexity index is 237. The lowest BCUT2D eigenvalue weighted by molar-refractivity contribution is -0.00953. The van der Waals surface area contributed by atoms with Crippen LogP contribution in [0, 0.1) is 0 Å². The Morgan fingerprint density at radius 3 is 2.10 bits per heavy atom. The summed E-state index contributed by atoms with van der Waals surface area (Å²) in [6.45, 7) is 13.2. The van der Waals surface area contributed by atoms with E-state index in [4.69, 9.17) is 4.74 Å². The van der Waals surface area contributed by atoms with Crippen molar-refractivity contribution in [1.29, 1.82) is 0 Å². The van der Waals surface area contributed by atoms with Crippen molar-refractivity contribution in [2.75, 3.05) is 39.4 Å². The quantitative estimate of drug-likeness (QED) is 0.554. The van der Waals surface area contributed by atoms with E-state index in [1.54, 1.807) is 0 Å². The molecule has 1 saturated heterocycles. The fourth-order valence-electron chi connectivity index (χ4n) is 3.06. The van der Waals surface area contributed by atoms with Crippen molar-refractivity contribution in [1.82, 2.24) is 10.2 Å². The van der Waals surface area contributed by atoms with Gasteiger partial charge in [-0.1, -0.05) is 51.9 Å². The first-order valence-electron chi connectivity index (χ1n) is 9.20. The highest BCUT2D eigenvalue weighted by Crippen LogP contribution is 2.15. The van der Waals surface area contributed by atoms with Crippen molar-refractivity contribution in [2.45, 2.75) is 77.7 Å². The molecule has 0 radical (unpaired) electrons. The van der Waals surface area contributed by atoms with Crippen LogP contribution in [0.3, 0.4) is 0 Å². The van der Waals surface area contributed by atoms with Gasteiger partial charge in [0, 0.05) is 25.2 Å². The number of hydrogen-bond acceptors (Lipinski definition) is 3. The molecule has 1 fully saturated rings. The van der Waals surface area contributed by atoms with Gasteiger partial charge >= 0.3 is 0 Å². The molecular weight excluding hydrogens is 260 g/mol. The van der Waals surface area contributed by atoms with Crippen molar-refractivity contribution in [3.05, 3.63) is 0 Å². The van der Waals surface area contributed by atoms with Gasteiger partial charge in [-0.3, -0.25) is 4.90 Å². The monoisotopic (exact) mass is 298 g/mol. The van der Waals surface area contributed by atoms with Crippen molar-refractivity contribution >= 4 is 0 Å². The molecule has 3 nitrogen and oxygen atoms in total. The number of rotatable bonds is 12. The summed E-state index contributed by atoms with van der Waals surface area (Å²) in [7, 11) is 0. The van der Waals surface area contributed by atoms with Crippen molar-refractivity contribution in [3.8, 4) is 0 Å². The molecule has 0 aromatic heterocycles. The molecule has 1 N–H and O–H groups in total. The predicted molar refractivity (Wildman–Crippen MR) is 92.0 cm³/mol. The molecule has 0 atom stereocenters. The number of unbranched alkanes of at least 4 members (excludes halogenated alkanes) is 7. The van der Waals surface area contributed by atoms with Crippen LogP contribution < -0.4 is 5.32 Å². The van der Waals surface area contributed by atoms with E-state index in [0.717, 1.165) is 32.8 Å². The highest BCUT2D eigenvalue weighted by Gasteiger charge is 2.27. The molecule has 126 valence electrons. The number of nitrogens with one attached hydrogen (secondary N) is 1. The third kappa shape index (κ3) is 8.80. The highest BCUT2D eigenvalue weighted by molar-refractivity contribution is 4.85. The van der Waals surface area contributed by atoms with Gasteiger partial charge in [0.15, 0.2) is 0 Å². The maximum Gasteiger partial charge on any atom is 0.0594 e. The van der Waals surface area contributed by atoms with E-state index in [-0.39, 0.29) is 5.54 Å².